The number of ether oxygens (including phenoxy) is 1. The van der Waals surface area contributed by atoms with Crippen LogP contribution in [0.2, 0.25) is 0 Å². The maximum atomic E-state index is 12.6. The van der Waals surface area contributed by atoms with E-state index in [1.165, 1.54) is 0 Å². The van der Waals surface area contributed by atoms with Gasteiger partial charge in [-0.1, -0.05) is 12.2 Å². The lowest BCUT2D eigenvalue weighted by atomic mass is 10.0. The van der Waals surface area contributed by atoms with Gasteiger partial charge in [0.2, 0.25) is 0 Å². The van der Waals surface area contributed by atoms with Crippen LogP contribution in [0, 0.1) is 0 Å². The molecule has 5 heteroatoms. The zero-order chi connectivity index (χ0) is 15.4. The second-order valence-electron chi connectivity index (χ2n) is 6.02. The van der Waals surface area contributed by atoms with Crippen LogP contribution in [-0.2, 0) is 11.3 Å². The average Bonchev–Trinajstić information content (AvgIpc) is 3.17. The number of likely N-dealkylation sites (tertiary alicyclic amines) is 1. The lowest BCUT2D eigenvalue weighted by Gasteiger charge is -2.27. The normalized spacial score (nSPS) is 24.7. The number of hydrogen-bond donors (Lipinski definition) is 1. The highest BCUT2D eigenvalue weighted by molar-refractivity contribution is 5.75. The maximum absolute atomic E-state index is 12.6. The number of furan rings is 1. The van der Waals surface area contributed by atoms with Gasteiger partial charge in [0.15, 0.2) is 0 Å². The molecule has 1 aliphatic heterocycles. The quantitative estimate of drug-likeness (QED) is 0.868. The van der Waals surface area contributed by atoms with Crippen molar-refractivity contribution in [3.63, 3.8) is 0 Å². The lowest BCUT2D eigenvalue weighted by molar-refractivity contribution is 0.155. The van der Waals surface area contributed by atoms with Crippen LogP contribution in [0.15, 0.2) is 28.7 Å². The Morgan fingerprint density at radius 2 is 2.32 bits per heavy atom. The van der Waals surface area contributed by atoms with E-state index in [0.717, 1.165) is 50.2 Å². The number of methoxy groups -OCH3 is 1. The molecular formula is C17H24N2O3. The van der Waals surface area contributed by atoms with Crippen molar-refractivity contribution in [1.29, 1.82) is 0 Å². The molecule has 2 amide bonds. The van der Waals surface area contributed by atoms with Crippen LogP contribution in [0.25, 0.3) is 0 Å². The Labute approximate surface area is 131 Å². The largest absolute Gasteiger partial charge is 0.461 e. The van der Waals surface area contributed by atoms with E-state index >= 15 is 0 Å². The summed E-state index contributed by atoms with van der Waals surface area (Å²) in [5, 5.41) is 3.16. The van der Waals surface area contributed by atoms with Crippen LogP contribution in [0.4, 0.5) is 4.79 Å². The van der Waals surface area contributed by atoms with E-state index in [1.807, 2.05) is 17.0 Å². The van der Waals surface area contributed by atoms with Gasteiger partial charge in [-0.2, -0.15) is 0 Å². The minimum absolute atomic E-state index is 0.0347. The summed E-state index contributed by atoms with van der Waals surface area (Å²) >= 11 is 0. The second-order valence-corrected chi connectivity index (χ2v) is 6.02. The highest BCUT2D eigenvalue weighted by Gasteiger charge is 2.33. The van der Waals surface area contributed by atoms with Gasteiger partial charge in [0.1, 0.15) is 18.1 Å². The first kappa shape index (κ1) is 15.2. The Hall–Kier alpha value is -1.75. The van der Waals surface area contributed by atoms with Crippen LogP contribution in [0.3, 0.4) is 0 Å². The van der Waals surface area contributed by atoms with E-state index in [9.17, 15) is 4.79 Å². The van der Waals surface area contributed by atoms with Gasteiger partial charge in [0.05, 0.1) is 6.04 Å². The summed E-state index contributed by atoms with van der Waals surface area (Å²) < 4.78 is 10.9. The van der Waals surface area contributed by atoms with Crippen molar-refractivity contribution in [2.45, 2.75) is 50.8 Å². The lowest BCUT2D eigenvalue weighted by Crippen LogP contribution is -2.44. The molecule has 5 nitrogen and oxygen atoms in total. The van der Waals surface area contributed by atoms with Crippen LogP contribution >= 0.6 is 0 Å². The molecule has 22 heavy (non-hydrogen) atoms. The number of nitrogens with one attached hydrogen (secondary N) is 1. The fourth-order valence-corrected chi connectivity index (χ4v) is 3.28. The number of allylic oxidation sites excluding steroid dienone is 1. The van der Waals surface area contributed by atoms with Crippen molar-refractivity contribution >= 4 is 6.03 Å². The minimum atomic E-state index is 0.0347. The van der Waals surface area contributed by atoms with Gasteiger partial charge in [-0.15, -0.1) is 0 Å². The highest BCUT2D eigenvalue weighted by atomic mass is 16.5. The molecule has 1 aromatic heterocycles. The summed E-state index contributed by atoms with van der Waals surface area (Å²) in [6.07, 6.45) is 9.32. The summed E-state index contributed by atoms with van der Waals surface area (Å²) in [5.41, 5.74) is 0. The number of hydrogen-bond acceptors (Lipinski definition) is 3. The van der Waals surface area contributed by atoms with Crippen molar-refractivity contribution in [1.82, 2.24) is 10.2 Å². The molecule has 1 aliphatic carbocycles. The topological polar surface area (TPSA) is 54.7 Å². The molecule has 1 aromatic rings. The fourth-order valence-electron chi connectivity index (χ4n) is 3.28. The Bertz CT molecular complexity index is 538. The summed E-state index contributed by atoms with van der Waals surface area (Å²) in [7, 11) is 1.65. The molecule has 2 aliphatic rings. The Morgan fingerprint density at radius 1 is 1.41 bits per heavy atom. The molecule has 1 N–H and O–H groups in total. The smallest absolute Gasteiger partial charge is 0.318 e. The van der Waals surface area contributed by atoms with Gasteiger partial charge < -0.3 is 19.4 Å². The second kappa shape index (κ2) is 7.01. The SMILES string of the molecule is COCc1ccc([C@@H]2CCCN2C(=O)N[C@@H]2CC=CCC2)o1. The predicted octanol–water partition coefficient (Wildman–Crippen LogP) is 3.38. The van der Waals surface area contributed by atoms with Gasteiger partial charge in [-0.3, -0.25) is 0 Å². The van der Waals surface area contributed by atoms with Crippen LogP contribution < -0.4 is 5.32 Å². The van der Waals surface area contributed by atoms with Gasteiger partial charge in [-0.05, 0) is 44.2 Å². The van der Waals surface area contributed by atoms with Crippen molar-refractivity contribution in [3.8, 4) is 0 Å². The summed E-state index contributed by atoms with van der Waals surface area (Å²) in [6.45, 7) is 1.26. The average molecular weight is 304 g/mol. The molecule has 2 atom stereocenters. The van der Waals surface area contributed by atoms with Crippen molar-refractivity contribution < 1.29 is 13.9 Å². The van der Waals surface area contributed by atoms with Crippen LogP contribution in [-0.4, -0.2) is 30.6 Å². The zero-order valence-electron chi connectivity index (χ0n) is 13.1. The number of carbonyl (C=O) groups is 1. The first-order chi connectivity index (χ1) is 10.8. The van der Waals surface area contributed by atoms with Gasteiger partial charge in [0, 0.05) is 19.7 Å². The Balaban J connectivity index is 1.63. The molecule has 0 saturated carbocycles. The minimum Gasteiger partial charge on any atom is -0.461 e. The molecule has 120 valence electrons. The van der Waals surface area contributed by atoms with Crippen molar-refractivity contribution in [2.24, 2.45) is 0 Å². The van der Waals surface area contributed by atoms with E-state index in [-0.39, 0.29) is 18.1 Å². The first-order valence-electron chi connectivity index (χ1n) is 8.07. The third-order valence-electron chi connectivity index (χ3n) is 4.41. The van der Waals surface area contributed by atoms with Crippen LogP contribution in [0.5, 0.6) is 0 Å². The highest BCUT2D eigenvalue weighted by Crippen LogP contribution is 2.33. The van der Waals surface area contributed by atoms with E-state index in [2.05, 4.69) is 17.5 Å². The molecule has 3 rings (SSSR count). The van der Waals surface area contributed by atoms with E-state index in [0.29, 0.717) is 6.61 Å². The molecule has 0 unspecified atom stereocenters. The molecule has 0 aromatic carbocycles. The predicted molar refractivity (Wildman–Crippen MR) is 83.4 cm³/mol. The van der Waals surface area contributed by atoms with Gasteiger partial charge in [0.25, 0.3) is 0 Å². The fraction of sp³-hybridized carbons (Fsp3) is 0.588. The molecular weight excluding hydrogens is 280 g/mol. The van der Waals surface area contributed by atoms with Gasteiger partial charge in [-0.25, -0.2) is 4.79 Å². The molecule has 1 fully saturated rings. The monoisotopic (exact) mass is 304 g/mol. The third-order valence-corrected chi connectivity index (χ3v) is 4.41. The number of nitrogens with zero attached hydrogens (tertiary/aromatic N) is 1. The first-order valence-corrected chi connectivity index (χ1v) is 8.07. The zero-order valence-corrected chi connectivity index (χ0v) is 13.1. The van der Waals surface area contributed by atoms with Crippen molar-refractivity contribution in [3.05, 3.63) is 35.8 Å². The molecule has 1 saturated heterocycles. The Kier molecular flexibility index (Phi) is 4.83. The molecule has 2 heterocycles. The standard InChI is InChI=1S/C17H24N2O3/c1-21-12-14-9-10-16(22-14)15-8-5-11-19(15)17(20)18-13-6-3-2-4-7-13/h2-3,9-10,13,15H,4-8,11-12H2,1H3,(H,18,20)/t13-,15+/m1/s1. The number of carbonyl (C=O) groups excluding carboxylic acids is 1. The van der Waals surface area contributed by atoms with Crippen LogP contribution in [0.1, 0.15) is 49.7 Å². The molecule has 0 bridgehead atoms. The van der Waals surface area contributed by atoms with Gasteiger partial charge >= 0.3 is 6.03 Å². The summed E-state index contributed by atoms with van der Waals surface area (Å²) in [6, 6.07) is 4.24. The number of rotatable bonds is 4. The molecule has 0 spiro atoms. The summed E-state index contributed by atoms with van der Waals surface area (Å²) in [4.78, 5) is 14.5. The maximum Gasteiger partial charge on any atom is 0.318 e. The number of urea groups is 1. The molecule has 0 radical (unpaired) electrons. The van der Waals surface area contributed by atoms with E-state index in [1.54, 1.807) is 7.11 Å². The third kappa shape index (κ3) is 3.35. The Morgan fingerprint density at radius 3 is 3.09 bits per heavy atom. The van der Waals surface area contributed by atoms with Crippen molar-refractivity contribution in [2.75, 3.05) is 13.7 Å². The summed E-state index contributed by atoms with van der Waals surface area (Å²) in [5.74, 6) is 1.67. The number of amides is 2. The van der Waals surface area contributed by atoms with E-state index in [4.69, 9.17) is 9.15 Å². The van der Waals surface area contributed by atoms with E-state index < -0.39 is 0 Å².